The maximum atomic E-state index is 12.2. The van der Waals surface area contributed by atoms with Gasteiger partial charge in [-0.15, -0.1) is 0 Å². The van der Waals surface area contributed by atoms with Crippen molar-refractivity contribution in [1.82, 2.24) is 4.90 Å². The van der Waals surface area contributed by atoms with Gasteiger partial charge in [-0.2, -0.15) is 13.2 Å². The summed E-state index contributed by atoms with van der Waals surface area (Å²) < 4.78 is 36.7. The maximum absolute atomic E-state index is 12.2. The van der Waals surface area contributed by atoms with E-state index >= 15 is 0 Å². The summed E-state index contributed by atoms with van der Waals surface area (Å²) in [7, 11) is 1.43. The van der Waals surface area contributed by atoms with E-state index in [-0.39, 0.29) is 6.54 Å². The van der Waals surface area contributed by atoms with E-state index in [1.165, 1.54) is 11.9 Å². The Morgan fingerprint density at radius 1 is 1.35 bits per heavy atom. The molecule has 100 valence electrons. The van der Waals surface area contributed by atoms with Gasteiger partial charge in [0.1, 0.15) is 6.29 Å². The minimum Gasteiger partial charge on any atom is -0.303 e. The minimum absolute atomic E-state index is 0.211. The molecule has 0 bridgehead atoms. The van der Waals surface area contributed by atoms with Crippen LogP contribution in [-0.2, 0) is 4.79 Å². The summed E-state index contributed by atoms with van der Waals surface area (Å²) in [5, 5.41) is 0. The summed E-state index contributed by atoms with van der Waals surface area (Å²) in [5.74, 6) is 0.580. The van der Waals surface area contributed by atoms with E-state index in [0.29, 0.717) is 18.8 Å². The van der Waals surface area contributed by atoms with Crippen molar-refractivity contribution < 1.29 is 18.0 Å². The molecule has 0 spiro atoms. The first-order chi connectivity index (χ1) is 7.76. The smallest absolute Gasteiger partial charge is 0.303 e. The van der Waals surface area contributed by atoms with Crippen molar-refractivity contribution in [3.63, 3.8) is 0 Å². The highest BCUT2D eigenvalue weighted by Crippen LogP contribution is 2.38. The normalized spacial score (nSPS) is 30.6. The molecule has 1 fully saturated rings. The summed E-state index contributed by atoms with van der Waals surface area (Å²) in [6.07, 6.45) is -0.0521. The number of hydrogen-bond acceptors (Lipinski definition) is 2. The summed E-state index contributed by atoms with van der Waals surface area (Å²) >= 11 is 0. The van der Waals surface area contributed by atoms with Crippen LogP contribution in [0.2, 0.25) is 0 Å². The number of halogens is 3. The number of nitrogens with zero attached hydrogens (tertiary/aromatic N) is 1. The first kappa shape index (κ1) is 14.5. The molecule has 1 rings (SSSR count). The molecule has 0 radical (unpaired) electrons. The second kappa shape index (κ2) is 5.38. The first-order valence-corrected chi connectivity index (χ1v) is 5.98. The van der Waals surface area contributed by atoms with Gasteiger partial charge < -0.3 is 4.79 Å². The zero-order valence-corrected chi connectivity index (χ0v) is 10.4. The molecule has 1 saturated carbocycles. The lowest BCUT2D eigenvalue weighted by Gasteiger charge is -2.37. The van der Waals surface area contributed by atoms with Gasteiger partial charge in [-0.3, -0.25) is 4.90 Å². The number of aldehydes is 1. The second-order valence-corrected chi connectivity index (χ2v) is 5.45. The van der Waals surface area contributed by atoms with Gasteiger partial charge in [0.15, 0.2) is 0 Å². The third-order valence-electron chi connectivity index (χ3n) is 3.55. The highest BCUT2D eigenvalue weighted by atomic mass is 19.4. The topological polar surface area (TPSA) is 20.3 Å². The molecule has 0 aromatic heterocycles. The molecule has 17 heavy (non-hydrogen) atoms. The van der Waals surface area contributed by atoms with Crippen molar-refractivity contribution in [1.29, 1.82) is 0 Å². The Morgan fingerprint density at radius 2 is 1.88 bits per heavy atom. The molecular weight excluding hydrogens is 231 g/mol. The molecule has 5 heteroatoms. The van der Waals surface area contributed by atoms with Crippen LogP contribution in [0.1, 0.15) is 32.6 Å². The summed E-state index contributed by atoms with van der Waals surface area (Å²) in [5.41, 5.74) is -0.563. The zero-order valence-electron chi connectivity index (χ0n) is 10.4. The fourth-order valence-corrected chi connectivity index (χ4v) is 2.55. The van der Waals surface area contributed by atoms with Crippen LogP contribution in [0.5, 0.6) is 0 Å². The van der Waals surface area contributed by atoms with Gasteiger partial charge in [-0.05, 0) is 38.6 Å². The lowest BCUT2D eigenvalue weighted by Crippen LogP contribution is -2.42. The molecule has 0 saturated heterocycles. The summed E-state index contributed by atoms with van der Waals surface area (Å²) in [6, 6.07) is 0. The van der Waals surface area contributed by atoms with Gasteiger partial charge in [-0.1, -0.05) is 6.92 Å². The van der Waals surface area contributed by atoms with Crippen molar-refractivity contribution in [3.8, 4) is 0 Å². The van der Waals surface area contributed by atoms with Crippen LogP contribution in [0, 0.1) is 11.3 Å². The Hall–Kier alpha value is -0.580. The molecule has 1 aliphatic carbocycles. The van der Waals surface area contributed by atoms with E-state index in [2.05, 4.69) is 6.92 Å². The predicted molar refractivity (Wildman–Crippen MR) is 59.7 cm³/mol. The van der Waals surface area contributed by atoms with Gasteiger partial charge in [0.2, 0.25) is 0 Å². The molecule has 0 N–H and O–H groups in total. The van der Waals surface area contributed by atoms with Crippen LogP contribution < -0.4 is 0 Å². The molecule has 1 aliphatic rings. The number of hydrogen-bond donors (Lipinski definition) is 0. The fourth-order valence-electron chi connectivity index (χ4n) is 2.55. The monoisotopic (exact) mass is 251 g/mol. The van der Waals surface area contributed by atoms with Crippen LogP contribution in [0.15, 0.2) is 0 Å². The molecule has 0 atom stereocenters. The summed E-state index contributed by atoms with van der Waals surface area (Å²) in [4.78, 5) is 12.4. The Bertz CT molecular complexity index is 257. The van der Waals surface area contributed by atoms with Crippen LogP contribution in [0.25, 0.3) is 0 Å². The number of carbonyl (C=O) groups is 1. The Labute approximate surface area is 100 Å². The van der Waals surface area contributed by atoms with E-state index < -0.39 is 18.1 Å². The number of alkyl halides is 3. The summed E-state index contributed by atoms with van der Waals surface area (Å²) in [6.45, 7) is 1.38. The molecule has 0 unspecified atom stereocenters. The van der Waals surface area contributed by atoms with Gasteiger partial charge in [-0.25, -0.2) is 0 Å². The Kier molecular flexibility index (Phi) is 4.58. The molecule has 0 heterocycles. The highest BCUT2D eigenvalue weighted by molar-refractivity contribution is 5.60. The van der Waals surface area contributed by atoms with Crippen LogP contribution in [0.4, 0.5) is 13.2 Å². The van der Waals surface area contributed by atoms with E-state index in [1.807, 2.05) is 0 Å². The van der Waals surface area contributed by atoms with Gasteiger partial charge in [0.05, 0.1) is 6.54 Å². The number of rotatable bonds is 4. The predicted octanol–water partition coefficient (Wildman–Crippen LogP) is 2.88. The quantitative estimate of drug-likeness (QED) is 0.716. The minimum atomic E-state index is -4.19. The largest absolute Gasteiger partial charge is 0.401 e. The van der Waals surface area contributed by atoms with Gasteiger partial charge in [0, 0.05) is 12.0 Å². The number of carbonyl (C=O) groups excluding carboxylic acids is 1. The van der Waals surface area contributed by atoms with Crippen LogP contribution >= 0.6 is 0 Å². The standard InChI is InChI=1S/C12H20F3NO/c1-10-3-5-11(9-17,6-4-10)7-16(2)8-12(13,14)15/h9-10H,3-8H2,1-2H3. The Balaban J connectivity index is 2.54. The molecule has 0 aromatic rings. The third kappa shape index (κ3) is 4.66. The van der Waals surface area contributed by atoms with Crippen molar-refractivity contribution in [3.05, 3.63) is 0 Å². The molecule has 0 amide bonds. The Morgan fingerprint density at radius 3 is 2.29 bits per heavy atom. The molecule has 0 aromatic carbocycles. The molecule has 2 nitrogen and oxygen atoms in total. The van der Waals surface area contributed by atoms with Crippen molar-refractivity contribution in [2.24, 2.45) is 11.3 Å². The second-order valence-electron chi connectivity index (χ2n) is 5.45. The average Bonchev–Trinajstić information content (AvgIpc) is 2.19. The average molecular weight is 251 g/mol. The third-order valence-corrected chi connectivity index (χ3v) is 3.55. The van der Waals surface area contributed by atoms with Crippen molar-refractivity contribution >= 4 is 6.29 Å². The van der Waals surface area contributed by atoms with Gasteiger partial charge in [0.25, 0.3) is 0 Å². The van der Waals surface area contributed by atoms with Crippen LogP contribution in [0.3, 0.4) is 0 Å². The van der Waals surface area contributed by atoms with Crippen molar-refractivity contribution in [2.45, 2.75) is 38.8 Å². The lowest BCUT2D eigenvalue weighted by molar-refractivity contribution is -0.148. The SMILES string of the molecule is CC1CCC(C=O)(CN(C)CC(F)(F)F)CC1. The van der Waals surface area contributed by atoms with Crippen molar-refractivity contribution in [2.75, 3.05) is 20.1 Å². The molecule has 0 aliphatic heterocycles. The van der Waals surface area contributed by atoms with Gasteiger partial charge >= 0.3 is 6.18 Å². The lowest BCUT2D eigenvalue weighted by atomic mass is 9.71. The first-order valence-electron chi connectivity index (χ1n) is 5.98. The van der Waals surface area contributed by atoms with E-state index in [4.69, 9.17) is 0 Å². The zero-order chi connectivity index (χ0) is 13.1. The molecular formula is C12H20F3NO. The fraction of sp³-hybridized carbons (Fsp3) is 0.917. The highest BCUT2D eigenvalue weighted by Gasteiger charge is 2.37. The van der Waals surface area contributed by atoms with Crippen LogP contribution in [-0.4, -0.2) is 37.5 Å². The van der Waals surface area contributed by atoms with E-state index in [1.54, 1.807) is 0 Å². The van der Waals surface area contributed by atoms with E-state index in [9.17, 15) is 18.0 Å². The maximum Gasteiger partial charge on any atom is 0.401 e. The van der Waals surface area contributed by atoms with E-state index in [0.717, 1.165) is 19.1 Å².